The van der Waals surface area contributed by atoms with Crippen LogP contribution in [0.1, 0.15) is 25.2 Å². The van der Waals surface area contributed by atoms with Gasteiger partial charge in [-0.25, -0.2) is 9.97 Å². The number of rotatable bonds is 2. The van der Waals surface area contributed by atoms with Crippen molar-refractivity contribution in [2.24, 2.45) is 5.41 Å². The van der Waals surface area contributed by atoms with Gasteiger partial charge in [0.15, 0.2) is 0 Å². The van der Waals surface area contributed by atoms with Crippen molar-refractivity contribution in [3.63, 3.8) is 0 Å². The van der Waals surface area contributed by atoms with Crippen LogP contribution in [0.2, 0.25) is 0 Å². The van der Waals surface area contributed by atoms with Crippen LogP contribution in [0, 0.1) is 12.3 Å². The number of hydrogen-bond donors (Lipinski definition) is 0. The maximum atomic E-state index is 5.87. The van der Waals surface area contributed by atoms with Crippen LogP contribution in [-0.2, 0) is 5.88 Å². The number of alkyl halides is 1. The molecule has 4 heteroatoms. The smallest absolute Gasteiger partial charge is 0.136 e. The van der Waals surface area contributed by atoms with Crippen molar-refractivity contribution in [1.29, 1.82) is 0 Å². The van der Waals surface area contributed by atoms with Crippen molar-refractivity contribution in [2.75, 3.05) is 18.0 Å². The van der Waals surface area contributed by atoms with E-state index in [9.17, 15) is 0 Å². The van der Waals surface area contributed by atoms with E-state index >= 15 is 0 Å². The number of anilines is 1. The third kappa shape index (κ3) is 2.07. The van der Waals surface area contributed by atoms with Crippen LogP contribution in [0.25, 0.3) is 0 Å². The van der Waals surface area contributed by atoms with E-state index in [0.717, 1.165) is 30.3 Å². The predicted molar refractivity (Wildman–Crippen MR) is 62.3 cm³/mol. The second-order valence-electron chi connectivity index (χ2n) is 4.92. The van der Waals surface area contributed by atoms with Crippen molar-refractivity contribution in [1.82, 2.24) is 9.97 Å². The van der Waals surface area contributed by atoms with Gasteiger partial charge in [-0.15, -0.1) is 11.6 Å². The fourth-order valence-corrected chi connectivity index (χ4v) is 2.18. The van der Waals surface area contributed by atoms with Gasteiger partial charge in [-0.2, -0.15) is 0 Å². The summed E-state index contributed by atoms with van der Waals surface area (Å²) < 4.78 is 0. The Hall–Kier alpha value is -0.830. The molecule has 1 aromatic rings. The molecule has 0 saturated carbocycles. The minimum absolute atomic E-state index is 0.405. The molecule has 0 spiro atoms. The highest BCUT2D eigenvalue weighted by Crippen LogP contribution is 2.34. The van der Waals surface area contributed by atoms with E-state index < -0.39 is 0 Å². The van der Waals surface area contributed by atoms with Crippen LogP contribution in [0.5, 0.6) is 0 Å². The lowest BCUT2D eigenvalue weighted by Crippen LogP contribution is -2.53. The van der Waals surface area contributed by atoms with Gasteiger partial charge in [0.1, 0.15) is 11.6 Å². The Morgan fingerprint density at radius 1 is 1.47 bits per heavy atom. The van der Waals surface area contributed by atoms with Gasteiger partial charge in [0.25, 0.3) is 0 Å². The zero-order chi connectivity index (χ0) is 11.1. The molecule has 0 aliphatic carbocycles. The fourth-order valence-electron chi connectivity index (χ4n) is 1.99. The highest BCUT2D eigenvalue weighted by molar-refractivity contribution is 6.17. The highest BCUT2D eigenvalue weighted by atomic mass is 35.5. The van der Waals surface area contributed by atoms with E-state index in [1.165, 1.54) is 0 Å². The van der Waals surface area contributed by atoms with E-state index in [2.05, 4.69) is 28.7 Å². The number of halogens is 1. The maximum absolute atomic E-state index is 5.87. The summed E-state index contributed by atoms with van der Waals surface area (Å²) in [7, 11) is 0. The normalized spacial score (nSPS) is 18.8. The molecule has 0 radical (unpaired) electrons. The van der Waals surface area contributed by atoms with Crippen molar-refractivity contribution >= 4 is 17.4 Å². The molecule has 2 rings (SSSR count). The van der Waals surface area contributed by atoms with Crippen LogP contribution in [0.3, 0.4) is 0 Å². The first-order valence-corrected chi connectivity index (χ1v) is 5.69. The summed E-state index contributed by atoms with van der Waals surface area (Å²) in [4.78, 5) is 10.9. The first-order valence-electron chi connectivity index (χ1n) is 5.15. The average molecular weight is 226 g/mol. The quantitative estimate of drug-likeness (QED) is 0.724. The molecule has 2 heterocycles. The molecule has 1 aliphatic heterocycles. The van der Waals surface area contributed by atoms with Crippen molar-refractivity contribution in [2.45, 2.75) is 26.7 Å². The standard InChI is InChI=1S/C11H16ClN3/c1-8-13-5-9(4-12)10(14-8)15-6-11(2,3)7-15/h5H,4,6-7H2,1-3H3. The predicted octanol–water partition coefficient (Wildman–Crippen LogP) is 2.37. The van der Waals surface area contributed by atoms with Gasteiger partial charge < -0.3 is 4.90 Å². The molecular weight excluding hydrogens is 210 g/mol. The van der Waals surface area contributed by atoms with Crippen LogP contribution in [0.4, 0.5) is 5.82 Å². The molecule has 0 bridgehead atoms. The van der Waals surface area contributed by atoms with E-state index in [0.29, 0.717) is 11.3 Å². The summed E-state index contributed by atoms with van der Waals surface area (Å²) in [6.07, 6.45) is 1.83. The Morgan fingerprint density at radius 3 is 2.67 bits per heavy atom. The number of aryl methyl sites for hydroxylation is 1. The van der Waals surface area contributed by atoms with Crippen LogP contribution >= 0.6 is 11.6 Å². The lowest BCUT2D eigenvalue weighted by atomic mass is 9.84. The van der Waals surface area contributed by atoms with E-state index in [4.69, 9.17) is 11.6 Å². The van der Waals surface area contributed by atoms with Gasteiger partial charge in [0, 0.05) is 24.8 Å². The first-order chi connectivity index (χ1) is 7.02. The van der Waals surface area contributed by atoms with Crippen LogP contribution in [-0.4, -0.2) is 23.1 Å². The number of hydrogen-bond acceptors (Lipinski definition) is 3. The molecule has 0 N–H and O–H groups in total. The largest absolute Gasteiger partial charge is 0.355 e. The Morgan fingerprint density at radius 2 is 2.13 bits per heavy atom. The summed E-state index contributed by atoms with van der Waals surface area (Å²) in [5.74, 6) is 2.30. The Bertz CT molecular complexity index is 368. The van der Waals surface area contributed by atoms with Gasteiger partial charge in [-0.1, -0.05) is 13.8 Å². The molecule has 1 saturated heterocycles. The summed E-state index contributed by atoms with van der Waals surface area (Å²) in [6.45, 7) is 8.53. The topological polar surface area (TPSA) is 29.0 Å². The van der Waals surface area contributed by atoms with E-state index in [-0.39, 0.29) is 0 Å². The second kappa shape index (κ2) is 3.63. The van der Waals surface area contributed by atoms with Crippen LogP contribution in [0.15, 0.2) is 6.20 Å². The molecule has 3 nitrogen and oxygen atoms in total. The molecule has 0 amide bonds. The molecule has 0 aromatic carbocycles. The van der Waals surface area contributed by atoms with E-state index in [1.807, 2.05) is 13.1 Å². The summed E-state index contributed by atoms with van der Waals surface area (Å²) in [5, 5.41) is 0. The summed E-state index contributed by atoms with van der Waals surface area (Å²) in [5.41, 5.74) is 1.43. The monoisotopic (exact) mass is 225 g/mol. The van der Waals surface area contributed by atoms with Crippen LogP contribution < -0.4 is 4.90 Å². The zero-order valence-corrected chi connectivity index (χ0v) is 10.2. The Balaban J connectivity index is 2.24. The first kappa shape index (κ1) is 10.7. The van der Waals surface area contributed by atoms with Crippen molar-refractivity contribution < 1.29 is 0 Å². The Kier molecular flexibility index (Phi) is 2.59. The molecule has 15 heavy (non-hydrogen) atoms. The Labute approximate surface area is 95.5 Å². The van der Waals surface area contributed by atoms with Gasteiger partial charge in [0.05, 0.1) is 5.88 Å². The second-order valence-corrected chi connectivity index (χ2v) is 5.19. The summed E-state index contributed by atoms with van der Waals surface area (Å²) >= 11 is 5.87. The molecular formula is C11H16ClN3. The highest BCUT2D eigenvalue weighted by Gasteiger charge is 2.35. The third-order valence-corrected chi connectivity index (χ3v) is 2.93. The van der Waals surface area contributed by atoms with Gasteiger partial charge in [0.2, 0.25) is 0 Å². The van der Waals surface area contributed by atoms with Gasteiger partial charge >= 0.3 is 0 Å². The van der Waals surface area contributed by atoms with Crippen molar-refractivity contribution in [3.05, 3.63) is 17.6 Å². The third-order valence-electron chi connectivity index (χ3n) is 2.64. The molecule has 0 atom stereocenters. The SMILES string of the molecule is Cc1ncc(CCl)c(N2CC(C)(C)C2)n1. The fraction of sp³-hybridized carbons (Fsp3) is 0.636. The molecule has 1 aliphatic rings. The van der Waals surface area contributed by atoms with E-state index in [1.54, 1.807) is 0 Å². The summed E-state index contributed by atoms with van der Waals surface area (Å²) in [6, 6.07) is 0. The van der Waals surface area contributed by atoms with Gasteiger partial charge in [-0.05, 0) is 12.3 Å². The molecule has 1 aromatic heterocycles. The maximum Gasteiger partial charge on any atom is 0.136 e. The van der Waals surface area contributed by atoms with Gasteiger partial charge in [-0.3, -0.25) is 0 Å². The molecule has 1 fully saturated rings. The zero-order valence-electron chi connectivity index (χ0n) is 9.42. The number of nitrogens with zero attached hydrogens (tertiary/aromatic N) is 3. The molecule has 0 unspecified atom stereocenters. The lowest BCUT2D eigenvalue weighted by Gasteiger charge is -2.47. The number of aromatic nitrogens is 2. The van der Waals surface area contributed by atoms with Crippen molar-refractivity contribution in [3.8, 4) is 0 Å². The minimum Gasteiger partial charge on any atom is -0.355 e. The lowest BCUT2D eigenvalue weighted by molar-refractivity contribution is 0.274. The minimum atomic E-state index is 0.405. The molecule has 82 valence electrons. The average Bonchev–Trinajstić information content (AvgIpc) is 2.14.